The lowest BCUT2D eigenvalue weighted by atomic mass is 10.1. The average molecular weight is 342 g/mol. The fraction of sp³-hybridized carbons (Fsp3) is 0.200. The van der Waals surface area contributed by atoms with E-state index >= 15 is 0 Å². The third-order valence-electron chi connectivity index (χ3n) is 2.83. The first-order chi connectivity index (χ1) is 9.54. The largest absolute Gasteiger partial charge is 0.435 e. The van der Waals surface area contributed by atoms with E-state index in [1.165, 1.54) is 12.1 Å². The normalized spacial score (nSPS) is 10.7. The van der Waals surface area contributed by atoms with Crippen molar-refractivity contribution in [3.8, 4) is 5.75 Å². The second-order valence-corrected chi connectivity index (χ2v) is 5.25. The first-order valence-corrected chi connectivity index (χ1v) is 6.87. The molecule has 0 bridgehead atoms. The first-order valence-electron chi connectivity index (χ1n) is 6.08. The molecule has 0 aliphatic heterocycles. The minimum Gasteiger partial charge on any atom is -0.435 e. The highest BCUT2D eigenvalue weighted by molar-refractivity contribution is 9.10. The van der Waals surface area contributed by atoms with Crippen LogP contribution in [0, 0.1) is 6.92 Å². The van der Waals surface area contributed by atoms with Gasteiger partial charge in [0.25, 0.3) is 0 Å². The summed E-state index contributed by atoms with van der Waals surface area (Å²) < 4.78 is 29.4. The number of rotatable bonds is 5. The van der Waals surface area contributed by atoms with E-state index in [2.05, 4.69) is 26.0 Å². The lowest BCUT2D eigenvalue weighted by Gasteiger charge is -2.11. The van der Waals surface area contributed by atoms with Crippen LogP contribution in [0.3, 0.4) is 0 Å². The highest BCUT2D eigenvalue weighted by atomic mass is 79.9. The quantitative estimate of drug-likeness (QED) is 0.828. The van der Waals surface area contributed by atoms with Gasteiger partial charge in [0.1, 0.15) is 5.75 Å². The van der Waals surface area contributed by atoms with Crippen molar-refractivity contribution in [2.24, 2.45) is 0 Å². The van der Waals surface area contributed by atoms with Crippen LogP contribution < -0.4 is 10.1 Å². The van der Waals surface area contributed by atoms with E-state index < -0.39 is 6.61 Å². The molecule has 0 amide bonds. The number of hydrogen-bond acceptors (Lipinski definition) is 2. The monoisotopic (exact) mass is 341 g/mol. The van der Waals surface area contributed by atoms with Crippen LogP contribution in [0.5, 0.6) is 5.75 Å². The second-order valence-electron chi connectivity index (χ2n) is 4.34. The minimum atomic E-state index is -2.79. The van der Waals surface area contributed by atoms with Crippen molar-refractivity contribution in [3.05, 3.63) is 58.1 Å². The molecule has 5 heteroatoms. The zero-order chi connectivity index (χ0) is 14.5. The Morgan fingerprint density at radius 2 is 1.85 bits per heavy atom. The summed E-state index contributed by atoms with van der Waals surface area (Å²) >= 11 is 3.43. The van der Waals surface area contributed by atoms with Crippen molar-refractivity contribution < 1.29 is 13.5 Å². The molecule has 1 N–H and O–H groups in total. The van der Waals surface area contributed by atoms with Gasteiger partial charge in [-0.2, -0.15) is 8.78 Å². The summed E-state index contributed by atoms with van der Waals surface area (Å²) in [6, 6.07) is 12.6. The number of anilines is 1. The third kappa shape index (κ3) is 4.20. The maximum atomic E-state index is 12.0. The molecule has 0 saturated carbocycles. The van der Waals surface area contributed by atoms with Gasteiger partial charge in [0, 0.05) is 16.7 Å². The second kappa shape index (κ2) is 6.70. The molecule has 20 heavy (non-hydrogen) atoms. The molecule has 106 valence electrons. The fourth-order valence-electron chi connectivity index (χ4n) is 1.77. The Morgan fingerprint density at radius 1 is 1.15 bits per heavy atom. The fourth-order valence-corrected chi connectivity index (χ4v) is 2.13. The molecule has 0 heterocycles. The van der Waals surface area contributed by atoms with Crippen LogP contribution in [0.4, 0.5) is 14.5 Å². The number of benzene rings is 2. The number of halogens is 3. The predicted molar refractivity (Wildman–Crippen MR) is 79.3 cm³/mol. The Bertz CT molecular complexity index is 573. The van der Waals surface area contributed by atoms with Gasteiger partial charge in [-0.05, 0) is 42.3 Å². The molecule has 2 nitrogen and oxygen atoms in total. The summed E-state index contributed by atoms with van der Waals surface area (Å²) in [5.41, 5.74) is 3.17. The topological polar surface area (TPSA) is 21.3 Å². The molecule has 0 aromatic heterocycles. The van der Waals surface area contributed by atoms with Crippen LogP contribution in [0.15, 0.2) is 46.9 Å². The molecule has 0 unspecified atom stereocenters. The summed E-state index contributed by atoms with van der Waals surface area (Å²) in [6.07, 6.45) is 0. The van der Waals surface area contributed by atoms with Gasteiger partial charge in [-0.1, -0.05) is 34.1 Å². The molecule has 0 spiro atoms. The molecule has 0 saturated heterocycles. The van der Waals surface area contributed by atoms with Crippen molar-refractivity contribution >= 4 is 21.6 Å². The number of aryl methyl sites for hydroxylation is 1. The third-order valence-corrected chi connectivity index (χ3v) is 3.32. The van der Waals surface area contributed by atoms with E-state index in [0.29, 0.717) is 6.54 Å². The smallest absolute Gasteiger partial charge is 0.387 e. The van der Waals surface area contributed by atoms with E-state index in [9.17, 15) is 8.78 Å². The molecule has 0 fully saturated rings. The van der Waals surface area contributed by atoms with Gasteiger partial charge in [-0.15, -0.1) is 0 Å². The van der Waals surface area contributed by atoms with Crippen molar-refractivity contribution in [2.45, 2.75) is 20.1 Å². The highest BCUT2D eigenvalue weighted by Gasteiger charge is 2.04. The molecule has 0 aliphatic carbocycles. The molecule has 2 aromatic rings. The van der Waals surface area contributed by atoms with Crippen molar-refractivity contribution in [1.29, 1.82) is 0 Å². The number of ether oxygens (including phenoxy) is 1. The van der Waals surface area contributed by atoms with Gasteiger partial charge in [-0.3, -0.25) is 0 Å². The van der Waals surface area contributed by atoms with E-state index in [0.717, 1.165) is 21.3 Å². The van der Waals surface area contributed by atoms with Gasteiger partial charge in [-0.25, -0.2) is 0 Å². The van der Waals surface area contributed by atoms with E-state index in [-0.39, 0.29) is 5.75 Å². The Hall–Kier alpha value is -1.62. The molecule has 0 aliphatic rings. The van der Waals surface area contributed by atoms with E-state index in [1.54, 1.807) is 12.1 Å². The van der Waals surface area contributed by atoms with Crippen molar-refractivity contribution in [3.63, 3.8) is 0 Å². The zero-order valence-electron chi connectivity index (χ0n) is 10.9. The molecule has 2 rings (SSSR count). The summed E-state index contributed by atoms with van der Waals surface area (Å²) in [5, 5.41) is 3.31. The zero-order valence-corrected chi connectivity index (χ0v) is 12.5. The molecular formula is C15H14BrF2NO. The predicted octanol–water partition coefficient (Wildman–Crippen LogP) is 4.97. The van der Waals surface area contributed by atoms with E-state index in [4.69, 9.17) is 0 Å². The van der Waals surface area contributed by atoms with Crippen LogP contribution in [-0.4, -0.2) is 6.61 Å². The van der Waals surface area contributed by atoms with Gasteiger partial charge in [0.05, 0.1) is 0 Å². The molecule has 0 atom stereocenters. The summed E-state index contributed by atoms with van der Waals surface area (Å²) in [7, 11) is 0. The maximum absolute atomic E-state index is 12.0. The standard InChI is InChI=1S/C15H14BrF2NO/c1-10-2-5-12(16)8-14(10)19-9-11-3-6-13(7-4-11)20-15(17)18/h2-8,15,19H,9H2,1H3. The van der Waals surface area contributed by atoms with Gasteiger partial charge in [0.15, 0.2) is 0 Å². The average Bonchev–Trinajstić information content (AvgIpc) is 2.41. The van der Waals surface area contributed by atoms with Crippen molar-refractivity contribution in [1.82, 2.24) is 0 Å². The van der Waals surface area contributed by atoms with Crippen LogP contribution in [0.2, 0.25) is 0 Å². The molecular weight excluding hydrogens is 328 g/mol. The summed E-state index contributed by atoms with van der Waals surface area (Å²) in [4.78, 5) is 0. The number of nitrogens with one attached hydrogen (secondary N) is 1. The van der Waals surface area contributed by atoms with Crippen LogP contribution in [-0.2, 0) is 6.54 Å². The molecule has 0 radical (unpaired) electrons. The number of hydrogen-bond donors (Lipinski definition) is 1. The Labute approximate surface area is 124 Å². The van der Waals surface area contributed by atoms with Gasteiger partial charge >= 0.3 is 6.61 Å². The number of alkyl halides is 2. The molecule has 2 aromatic carbocycles. The lowest BCUT2D eigenvalue weighted by Crippen LogP contribution is -2.03. The van der Waals surface area contributed by atoms with Crippen molar-refractivity contribution in [2.75, 3.05) is 5.32 Å². The van der Waals surface area contributed by atoms with Crippen LogP contribution in [0.25, 0.3) is 0 Å². The van der Waals surface area contributed by atoms with Gasteiger partial charge in [0.2, 0.25) is 0 Å². The Balaban J connectivity index is 1.98. The Kier molecular flexibility index (Phi) is 4.95. The highest BCUT2D eigenvalue weighted by Crippen LogP contribution is 2.22. The lowest BCUT2D eigenvalue weighted by molar-refractivity contribution is -0.0498. The maximum Gasteiger partial charge on any atom is 0.387 e. The van der Waals surface area contributed by atoms with Crippen LogP contribution >= 0.6 is 15.9 Å². The van der Waals surface area contributed by atoms with E-state index in [1.807, 2.05) is 25.1 Å². The SMILES string of the molecule is Cc1ccc(Br)cc1NCc1ccc(OC(F)F)cc1. The Morgan fingerprint density at radius 3 is 2.50 bits per heavy atom. The minimum absolute atomic E-state index is 0.169. The van der Waals surface area contributed by atoms with Crippen LogP contribution in [0.1, 0.15) is 11.1 Å². The summed E-state index contributed by atoms with van der Waals surface area (Å²) in [5.74, 6) is 0.169. The first kappa shape index (κ1) is 14.8. The van der Waals surface area contributed by atoms with Gasteiger partial charge < -0.3 is 10.1 Å². The summed E-state index contributed by atoms with van der Waals surface area (Å²) in [6.45, 7) is -0.149.